The molecule has 9 aromatic carbocycles. The number of fused-ring (bicyclic) bond motifs is 9. The normalized spacial score (nSPS) is 13.1. The van der Waals surface area contributed by atoms with Gasteiger partial charge >= 0.3 is 0 Å². The molecule has 0 amide bonds. The Morgan fingerprint density at radius 1 is 0.412 bits per heavy atom. The van der Waals surface area contributed by atoms with Gasteiger partial charge in [-0.3, -0.25) is 0 Å². The Balaban J connectivity index is 1.26. The number of hydrogen-bond acceptors (Lipinski definition) is 2. The van der Waals surface area contributed by atoms with Crippen LogP contribution in [0, 0.1) is 0 Å². The molecule has 0 aliphatic heterocycles. The molecule has 0 radical (unpaired) electrons. The van der Waals surface area contributed by atoms with Crippen molar-refractivity contribution in [2.45, 2.75) is 29.1 Å². The molecule has 0 saturated heterocycles. The van der Waals surface area contributed by atoms with Crippen molar-refractivity contribution >= 4 is 71.9 Å². The average Bonchev–Trinajstić information content (AvgIpc) is 3.41. The van der Waals surface area contributed by atoms with Crippen LogP contribution in [0.5, 0.6) is 0 Å². The van der Waals surface area contributed by atoms with Crippen LogP contribution in [-0.4, -0.2) is 0 Å². The first-order chi connectivity index (χ1) is 25.0. The maximum absolute atomic E-state index is 2.50. The molecule has 1 nitrogen and oxygen atoms in total. The van der Waals surface area contributed by atoms with Crippen molar-refractivity contribution in [3.05, 3.63) is 187 Å². The zero-order chi connectivity index (χ0) is 34.1. The third-order valence-electron chi connectivity index (χ3n) is 10.8. The molecule has 0 heterocycles. The first-order valence-corrected chi connectivity index (χ1v) is 18.5. The molecular weight excluding hydrogens is 635 g/mol. The lowest BCUT2D eigenvalue weighted by Crippen LogP contribution is -2.17. The summed E-state index contributed by atoms with van der Waals surface area (Å²) in [7, 11) is 0. The second-order valence-corrected chi connectivity index (χ2v) is 15.3. The van der Waals surface area contributed by atoms with E-state index in [1.165, 1.54) is 80.8 Å². The van der Waals surface area contributed by atoms with Gasteiger partial charge in [0.05, 0.1) is 5.69 Å². The van der Waals surface area contributed by atoms with E-state index in [-0.39, 0.29) is 5.41 Å². The molecule has 0 saturated carbocycles. The molecule has 0 fully saturated rings. The summed E-state index contributed by atoms with van der Waals surface area (Å²) in [5.41, 5.74) is 8.75. The first kappa shape index (κ1) is 30.0. The molecule has 0 aromatic heterocycles. The van der Waals surface area contributed by atoms with E-state index in [0.29, 0.717) is 0 Å². The Hall–Kier alpha value is -5.83. The van der Waals surface area contributed by atoms with Gasteiger partial charge in [0.1, 0.15) is 0 Å². The van der Waals surface area contributed by atoms with Crippen molar-refractivity contribution in [2.24, 2.45) is 0 Å². The molecule has 0 unspecified atom stereocenters. The summed E-state index contributed by atoms with van der Waals surface area (Å²) in [4.78, 5) is 5.04. The molecule has 1 aliphatic rings. The van der Waals surface area contributed by atoms with Crippen molar-refractivity contribution < 1.29 is 0 Å². The van der Waals surface area contributed by atoms with Gasteiger partial charge in [-0.1, -0.05) is 153 Å². The Bertz CT molecular complexity index is 2740. The summed E-state index contributed by atoms with van der Waals surface area (Å²) in [5, 5.41) is 10.1. The molecule has 0 bridgehead atoms. The first-order valence-electron chi connectivity index (χ1n) is 17.7. The number of anilines is 3. The topological polar surface area (TPSA) is 3.24 Å². The zero-order valence-corrected chi connectivity index (χ0v) is 29.4. The van der Waals surface area contributed by atoms with E-state index in [4.69, 9.17) is 0 Å². The van der Waals surface area contributed by atoms with Crippen LogP contribution < -0.4 is 4.90 Å². The second-order valence-electron chi connectivity index (χ2n) is 14.1. The van der Waals surface area contributed by atoms with Crippen LogP contribution in [0.2, 0.25) is 0 Å². The van der Waals surface area contributed by atoms with Crippen LogP contribution in [0.25, 0.3) is 54.2 Å². The molecule has 10 rings (SSSR count). The van der Waals surface area contributed by atoms with Gasteiger partial charge in [-0.25, -0.2) is 0 Å². The predicted molar refractivity (Wildman–Crippen MR) is 219 cm³/mol. The maximum atomic E-state index is 2.50. The molecular formula is C49H35NS. The van der Waals surface area contributed by atoms with E-state index < -0.39 is 0 Å². The molecule has 51 heavy (non-hydrogen) atoms. The largest absolute Gasteiger partial charge is 0.310 e. The Kier molecular flexibility index (Phi) is 6.84. The smallest absolute Gasteiger partial charge is 0.0543 e. The Morgan fingerprint density at radius 2 is 0.882 bits per heavy atom. The minimum absolute atomic E-state index is 0.224. The van der Waals surface area contributed by atoms with Crippen LogP contribution in [-0.2, 0) is 5.41 Å². The van der Waals surface area contributed by atoms with Crippen LogP contribution in [0.4, 0.5) is 17.1 Å². The fourth-order valence-electron chi connectivity index (χ4n) is 8.31. The van der Waals surface area contributed by atoms with E-state index in [1.807, 2.05) is 11.8 Å². The van der Waals surface area contributed by atoms with Gasteiger partial charge in [0.2, 0.25) is 0 Å². The Morgan fingerprint density at radius 3 is 1.49 bits per heavy atom. The molecule has 0 spiro atoms. The summed E-state index contributed by atoms with van der Waals surface area (Å²) in [6.07, 6.45) is 0. The lowest BCUT2D eigenvalue weighted by Gasteiger charge is -2.30. The fraction of sp³-hybridized carbons (Fsp3) is 0.0612. The number of rotatable bonds is 5. The molecule has 0 N–H and O–H groups in total. The molecule has 2 heteroatoms. The second kappa shape index (κ2) is 11.6. The number of benzene rings is 9. The van der Waals surface area contributed by atoms with E-state index in [0.717, 1.165) is 11.4 Å². The number of hydrogen-bond donors (Lipinski definition) is 0. The summed E-state index contributed by atoms with van der Waals surface area (Å²) < 4.78 is 0. The maximum Gasteiger partial charge on any atom is 0.0543 e. The summed E-state index contributed by atoms with van der Waals surface area (Å²) in [6, 6.07) is 64.8. The lowest BCUT2D eigenvalue weighted by molar-refractivity contribution is 0.660. The van der Waals surface area contributed by atoms with Crippen molar-refractivity contribution in [1.29, 1.82) is 0 Å². The van der Waals surface area contributed by atoms with Gasteiger partial charge in [0.15, 0.2) is 0 Å². The van der Waals surface area contributed by atoms with Gasteiger partial charge in [-0.15, -0.1) is 0 Å². The lowest BCUT2D eigenvalue weighted by atomic mass is 9.81. The van der Waals surface area contributed by atoms with Gasteiger partial charge in [0, 0.05) is 32.0 Å². The number of nitrogens with zero attached hydrogens (tertiary/aromatic N) is 1. The van der Waals surface area contributed by atoms with Gasteiger partial charge < -0.3 is 4.90 Å². The quantitative estimate of drug-likeness (QED) is 0.179. The van der Waals surface area contributed by atoms with Crippen LogP contribution in [0.1, 0.15) is 25.0 Å². The predicted octanol–water partition coefficient (Wildman–Crippen LogP) is 14.2. The van der Waals surface area contributed by atoms with Gasteiger partial charge in [-0.2, -0.15) is 0 Å². The molecule has 1 aliphatic carbocycles. The minimum atomic E-state index is -0.224. The molecule has 9 aromatic rings. The van der Waals surface area contributed by atoms with Crippen LogP contribution in [0.15, 0.2) is 186 Å². The van der Waals surface area contributed by atoms with Crippen molar-refractivity contribution in [2.75, 3.05) is 4.90 Å². The highest BCUT2D eigenvalue weighted by Crippen LogP contribution is 2.57. The highest BCUT2D eigenvalue weighted by Gasteiger charge is 2.39. The van der Waals surface area contributed by atoms with Crippen molar-refractivity contribution in [3.8, 4) is 11.1 Å². The van der Waals surface area contributed by atoms with Crippen molar-refractivity contribution in [3.63, 3.8) is 0 Å². The summed E-state index contributed by atoms with van der Waals surface area (Å²) in [6.45, 7) is 4.83. The summed E-state index contributed by atoms with van der Waals surface area (Å²) in [5.74, 6) is 0. The van der Waals surface area contributed by atoms with Gasteiger partial charge in [0.25, 0.3) is 0 Å². The SMILES string of the molecule is CC1(C)c2cc(Sc3ccccc3)c3ccccc3c2-c2c1cc(N(c1ccc3ccccc3c1)c1ccc3ccccc3c1)c1ccccc21. The minimum Gasteiger partial charge on any atom is -0.310 e. The van der Waals surface area contributed by atoms with E-state index in [1.54, 1.807) is 0 Å². The van der Waals surface area contributed by atoms with Crippen molar-refractivity contribution in [1.82, 2.24) is 0 Å². The van der Waals surface area contributed by atoms with E-state index in [2.05, 4.69) is 195 Å². The van der Waals surface area contributed by atoms with Crippen LogP contribution in [0.3, 0.4) is 0 Å². The zero-order valence-electron chi connectivity index (χ0n) is 28.6. The molecule has 242 valence electrons. The standard InChI is InChI=1S/C49H35NS/c1-49(2)43-30-45(50(36-26-24-32-14-6-8-16-34(32)28-36)37-27-25-33-15-7-9-17-35(33)29-37)39-20-10-12-22-41(39)47(43)48-42-23-13-11-21-40(42)46(31-44(48)49)51-38-18-4-3-5-19-38/h3-31H,1-2H3. The van der Waals surface area contributed by atoms with E-state index >= 15 is 0 Å². The highest BCUT2D eigenvalue weighted by atomic mass is 32.2. The highest BCUT2D eigenvalue weighted by molar-refractivity contribution is 7.99. The molecule has 0 atom stereocenters. The van der Waals surface area contributed by atoms with E-state index in [9.17, 15) is 0 Å². The van der Waals surface area contributed by atoms with Gasteiger partial charge in [-0.05, 0) is 108 Å². The average molecular weight is 670 g/mol. The van der Waals surface area contributed by atoms with Crippen LogP contribution >= 0.6 is 11.8 Å². The third kappa shape index (κ3) is 4.78. The third-order valence-corrected chi connectivity index (χ3v) is 11.9. The monoisotopic (exact) mass is 669 g/mol. The fourth-order valence-corrected chi connectivity index (χ4v) is 9.32. The Labute approximate surface area is 302 Å². The summed E-state index contributed by atoms with van der Waals surface area (Å²) >= 11 is 1.86.